The molecule has 0 fully saturated rings. The van der Waals surface area contributed by atoms with Crippen LogP contribution in [0.2, 0.25) is 0 Å². The van der Waals surface area contributed by atoms with Crippen molar-refractivity contribution >= 4 is 29.0 Å². The zero-order valence-corrected chi connectivity index (χ0v) is 35.1. The van der Waals surface area contributed by atoms with E-state index < -0.39 is 0 Å². The van der Waals surface area contributed by atoms with Gasteiger partial charge in [0.2, 0.25) is 0 Å². The zero-order chi connectivity index (χ0) is 41.3. The molecule has 0 amide bonds. The summed E-state index contributed by atoms with van der Waals surface area (Å²) in [5.41, 5.74) is 15.1. The Morgan fingerprint density at radius 3 is 2.03 bits per heavy atom. The van der Waals surface area contributed by atoms with E-state index in [1.807, 2.05) is 44.3 Å². The van der Waals surface area contributed by atoms with E-state index in [4.69, 9.17) is 15.0 Å². The lowest BCUT2D eigenvalue weighted by atomic mass is 9.92. The van der Waals surface area contributed by atoms with Gasteiger partial charge in [0, 0.05) is 38.9 Å². The van der Waals surface area contributed by atoms with Crippen molar-refractivity contribution in [2.45, 2.75) is 53.4 Å². The third-order valence-electron chi connectivity index (χ3n) is 11.2. The molecule has 2 aliphatic rings. The monoisotopic (exact) mass is 777 g/mol. The number of hydrogen-bond acceptors (Lipinski definition) is 3. The van der Waals surface area contributed by atoms with Gasteiger partial charge in [-0.3, -0.25) is 0 Å². The maximum atomic E-state index is 5.33. The second kappa shape index (κ2) is 18.7. The summed E-state index contributed by atoms with van der Waals surface area (Å²) in [4.78, 5) is 15.2. The Morgan fingerprint density at radius 2 is 1.27 bits per heavy atom. The number of nitrogens with zero attached hydrogens (tertiary/aromatic N) is 3. The SMILES string of the molecule is CC.Cc1c(-c2ccccc2)cccc1-c1ccnc(-c2cccc(-c3cccc(-c4nc5c(c6c7c(ccc46)CCCC=C7)=CCC=CC=5)c3)c2)n1.Cc1ccccc1. The Bertz CT molecular complexity index is 2960. The van der Waals surface area contributed by atoms with Crippen LogP contribution in [-0.4, -0.2) is 15.0 Å². The van der Waals surface area contributed by atoms with Crippen molar-refractivity contribution < 1.29 is 0 Å². The van der Waals surface area contributed by atoms with Gasteiger partial charge < -0.3 is 0 Å². The molecule has 2 heterocycles. The molecule has 6 aromatic carbocycles. The molecule has 2 aromatic heterocycles. The number of aromatic nitrogens is 3. The van der Waals surface area contributed by atoms with E-state index in [-0.39, 0.29) is 0 Å². The minimum Gasteiger partial charge on any atom is -0.247 e. The molecule has 0 radical (unpaired) electrons. The van der Waals surface area contributed by atoms with Crippen LogP contribution >= 0.6 is 0 Å². The van der Waals surface area contributed by atoms with E-state index in [1.165, 1.54) is 55.8 Å². The fourth-order valence-corrected chi connectivity index (χ4v) is 8.23. The van der Waals surface area contributed by atoms with E-state index in [9.17, 15) is 0 Å². The first kappa shape index (κ1) is 39.8. The quantitative estimate of drug-likeness (QED) is 0.175. The van der Waals surface area contributed by atoms with Crippen LogP contribution in [0.15, 0.2) is 170 Å². The van der Waals surface area contributed by atoms with Gasteiger partial charge in [-0.2, -0.15) is 0 Å². The molecule has 0 saturated heterocycles. The summed E-state index contributed by atoms with van der Waals surface area (Å²) in [5, 5.41) is 4.80. The molecule has 60 heavy (non-hydrogen) atoms. The first-order chi connectivity index (χ1) is 29.6. The molecule has 0 bridgehead atoms. The third-order valence-corrected chi connectivity index (χ3v) is 11.2. The molecule has 3 heteroatoms. The lowest BCUT2D eigenvalue weighted by Gasteiger charge is -2.14. The van der Waals surface area contributed by atoms with Gasteiger partial charge in [0.1, 0.15) is 0 Å². The molecule has 8 aromatic rings. The minimum atomic E-state index is 0.710. The zero-order valence-electron chi connectivity index (χ0n) is 35.1. The van der Waals surface area contributed by atoms with Gasteiger partial charge in [-0.15, -0.1) is 0 Å². The average Bonchev–Trinajstić information content (AvgIpc) is 3.71. The summed E-state index contributed by atoms with van der Waals surface area (Å²) in [5.74, 6) is 0.710. The molecule has 2 aliphatic carbocycles. The topological polar surface area (TPSA) is 38.7 Å². The first-order valence-electron chi connectivity index (χ1n) is 21.3. The maximum absolute atomic E-state index is 5.33. The van der Waals surface area contributed by atoms with Crippen molar-refractivity contribution in [1.82, 2.24) is 15.0 Å². The van der Waals surface area contributed by atoms with Crippen molar-refractivity contribution in [3.05, 3.63) is 203 Å². The Hall–Kier alpha value is -6.97. The van der Waals surface area contributed by atoms with E-state index in [0.29, 0.717) is 5.82 Å². The van der Waals surface area contributed by atoms with Crippen LogP contribution in [0.4, 0.5) is 0 Å². The van der Waals surface area contributed by atoms with Gasteiger partial charge in [-0.1, -0.05) is 177 Å². The molecular formula is C57H51N3. The largest absolute Gasteiger partial charge is 0.247 e. The van der Waals surface area contributed by atoms with Crippen molar-refractivity contribution in [3.63, 3.8) is 0 Å². The van der Waals surface area contributed by atoms with Crippen molar-refractivity contribution in [1.29, 1.82) is 0 Å². The smallest absolute Gasteiger partial charge is 0.159 e. The normalized spacial score (nSPS) is 12.5. The molecule has 294 valence electrons. The molecule has 0 unspecified atom stereocenters. The Kier molecular flexibility index (Phi) is 12.4. The molecule has 0 N–H and O–H groups in total. The van der Waals surface area contributed by atoms with Gasteiger partial charge >= 0.3 is 0 Å². The number of fused-ring (bicyclic) bond motifs is 5. The summed E-state index contributed by atoms with van der Waals surface area (Å²) in [7, 11) is 0. The molecular weight excluding hydrogens is 727 g/mol. The van der Waals surface area contributed by atoms with Gasteiger partial charge in [-0.05, 0) is 103 Å². The van der Waals surface area contributed by atoms with Crippen LogP contribution in [0.5, 0.6) is 0 Å². The highest BCUT2D eigenvalue weighted by Gasteiger charge is 2.17. The standard InChI is InChI=1S/C48H37N3.C7H8.C2H6/c1-32-39(33-14-5-2-6-15-33)23-13-24-40(32)45-28-29-49-48(51-45)38-20-12-18-36(31-38)35-17-11-19-37(30-35)47-43-27-26-34-16-7-3-8-21-41(34)46(43)42-22-9-4-10-25-44(42)50-47;1-7-5-3-2-4-6-7;1-2/h2,4-6,8,10-15,17-31H,3,7,9,16H2,1H3;2-6H,1H3;1-2H3. The average molecular weight is 778 g/mol. The number of pyridine rings is 1. The van der Waals surface area contributed by atoms with Gasteiger partial charge in [-0.25, -0.2) is 15.0 Å². The fraction of sp³-hybridized carbons (Fsp3) is 0.140. The third kappa shape index (κ3) is 8.58. The Morgan fingerprint density at radius 1 is 0.583 bits per heavy atom. The predicted molar refractivity (Wildman–Crippen MR) is 256 cm³/mol. The number of allylic oxidation sites excluding steroid dienone is 3. The number of hydrogen-bond donors (Lipinski definition) is 0. The van der Waals surface area contributed by atoms with E-state index in [0.717, 1.165) is 63.8 Å². The first-order valence-corrected chi connectivity index (χ1v) is 21.3. The highest BCUT2D eigenvalue weighted by Crippen LogP contribution is 2.35. The van der Waals surface area contributed by atoms with E-state index >= 15 is 0 Å². The van der Waals surface area contributed by atoms with Crippen LogP contribution in [0.3, 0.4) is 0 Å². The van der Waals surface area contributed by atoms with Crippen LogP contribution in [0.1, 0.15) is 55.4 Å². The summed E-state index contributed by atoms with van der Waals surface area (Å²) in [6, 6.07) is 51.2. The maximum Gasteiger partial charge on any atom is 0.159 e. The van der Waals surface area contributed by atoms with Crippen LogP contribution < -0.4 is 10.6 Å². The number of rotatable bonds is 5. The molecule has 0 aliphatic heterocycles. The lowest BCUT2D eigenvalue weighted by molar-refractivity contribution is 0.852. The van der Waals surface area contributed by atoms with Crippen LogP contribution in [0, 0.1) is 13.8 Å². The second-order valence-corrected chi connectivity index (χ2v) is 15.1. The van der Waals surface area contributed by atoms with Gasteiger partial charge in [0.15, 0.2) is 5.82 Å². The summed E-state index contributed by atoms with van der Waals surface area (Å²) in [6.45, 7) is 8.26. The van der Waals surface area contributed by atoms with Crippen molar-refractivity contribution in [2.75, 3.05) is 0 Å². The van der Waals surface area contributed by atoms with Crippen molar-refractivity contribution in [2.24, 2.45) is 0 Å². The van der Waals surface area contributed by atoms with Gasteiger partial charge in [0.05, 0.1) is 16.7 Å². The fourth-order valence-electron chi connectivity index (χ4n) is 8.23. The van der Waals surface area contributed by atoms with Crippen LogP contribution in [-0.2, 0) is 6.42 Å². The minimum absolute atomic E-state index is 0.710. The molecule has 0 atom stereocenters. The molecule has 3 nitrogen and oxygen atoms in total. The van der Waals surface area contributed by atoms with E-state index in [1.54, 1.807) is 0 Å². The lowest BCUT2D eigenvalue weighted by Crippen LogP contribution is -2.30. The van der Waals surface area contributed by atoms with Gasteiger partial charge in [0.25, 0.3) is 0 Å². The number of aryl methyl sites for hydroxylation is 2. The summed E-state index contributed by atoms with van der Waals surface area (Å²) in [6.07, 6.45) is 19.7. The predicted octanol–water partition coefficient (Wildman–Crippen LogP) is 13.6. The number of benzene rings is 6. The molecule has 0 saturated carbocycles. The summed E-state index contributed by atoms with van der Waals surface area (Å²) >= 11 is 0. The highest BCUT2D eigenvalue weighted by atomic mass is 14.9. The Labute approximate surface area is 354 Å². The molecule has 0 spiro atoms. The van der Waals surface area contributed by atoms with Crippen molar-refractivity contribution in [3.8, 4) is 56.2 Å². The highest BCUT2D eigenvalue weighted by molar-refractivity contribution is 6.01. The van der Waals surface area contributed by atoms with E-state index in [2.05, 4.69) is 172 Å². The summed E-state index contributed by atoms with van der Waals surface area (Å²) < 4.78 is 0. The Balaban J connectivity index is 0.000000499. The van der Waals surface area contributed by atoms with Crippen LogP contribution in [0.25, 0.3) is 85.2 Å². The second-order valence-electron chi connectivity index (χ2n) is 15.1. The molecule has 10 rings (SSSR count).